The third-order valence-electron chi connectivity index (χ3n) is 2.48. The third-order valence-corrected chi connectivity index (χ3v) is 2.48. The minimum Gasteiger partial charge on any atom is -0.472 e. The summed E-state index contributed by atoms with van der Waals surface area (Å²) in [6.45, 7) is -0.372. The summed E-state index contributed by atoms with van der Waals surface area (Å²) in [7, 11) is 0. The maximum absolute atomic E-state index is 12.0. The number of ether oxygens (including phenoxy) is 1. The van der Waals surface area contributed by atoms with Crippen LogP contribution in [0.4, 0.5) is 8.78 Å². The van der Waals surface area contributed by atoms with Crippen molar-refractivity contribution in [1.82, 2.24) is 10.3 Å². The van der Waals surface area contributed by atoms with Gasteiger partial charge in [0.2, 0.25) is 5.88 Å². The van der Waals surface area contributed by atoms with E-state index in [-0.39, 0.29) is 36.4 Å². The molecule has 1 saturated carbocycles. The predicted molar refractivity (Wildman–Crippen MR) is 82.6 cm³/mol. The number of pyridine rings is 1. The first-order valence-electron chi connectivity index (χ1n) is 6.07. The number of hydrogen-bond acceptors (Lipinski definition) is 3. The monoisotopic (exact) mass is 398 g/mol. The molecule has 5 nitrogen and oxygen atoms in total. The Hall–Kier alpha value is -1.19. The van der Waals surface area contributed by atoms with Crippen molar-refractivity contribution in [1.29, 1.82) is 0 Å². The van der Waals surface area contributed by atoms with Crippen LogP contribution in [0.2, 0.25) is 0 Å². The van der Waals surface area contributed by atoms with Gasteiger partial charge in [-0.1, -0.05) is 6.07 Å². The quantitative estimate of drug-likeness (QED) is 0.436. The fourth-order valence-corrected chi connectivity index (χ4v) is 1.42. The molecule has 20 heavy (non-hydrogen) atoms. The fraction of sp³-hybridized carbons (Fsp3) is 0.500. The Bertz CT molecular complexity index is 455. The number of hydrogen-bond donors (Lipinski definition) is 2. The van der Waals surface area contributed by atoms with Crippen molar-refractivity contribution in [2.45, 2.75) is 31.9 Å². The Balaban J connectivity index is 0.00000200. The number of guanidine groups is 1. The van der Waals surface area contributed by atoms with Crippen LogP contribution >= 0.6 is 24.0 Å². The summed E-state index contributed by atoms with van der Waals surface area (Å²) in [5, 5.41) is 3.05. The molecule has 1 fully saturated rings. The molecular formula is C12H17F2IN4O. The Morgan fingerprint density at radius 1 is 1.50 bits per heavy atom. The van der Waals surface area contributed by atoms with Crippen molar-refractivity contribution in [3.63, 3.8) is 0 Å². The summed E-state index contributed by atoms with van der Waals surface area (Å²) in [5.41, 5.74) is 6.30. The molecule has 0 aliphatic heterocycles. The first-order valence-corrected chi connectivity index (χ1v) is 6.07. The average Bonchev–Trinajstić information content (AvgIpc) is 3.18. The molecule has 0 aromatic carbocycles. The molecule has 112 valence electrons. The lowest BCUT2D eigenvalue weighted by Crippen LogP contribution is -2.33. The van der Waals surface area contributed by atoms with Gasteiger partial charge in [-0.05, 0) is 18.9 Å². The number of aliphatic imine (C=N–C) groups is 1. The lowest BCUT2D eigenvalue weighted by atomic mass is 10.3. The molecule has 1 aliphatic carbocycles. The number of nitrogens with zero attached hydrogens (tertiary/aromatic N) is 2. The second-order valence-electron chi connectivity index (χ2n) is 4.29. The molecule has 3 N–H and O–H groups in total. The zero-order valence-corrected chi connectivity index (χ0v) is 13.1. The third kappa shape index (κ3) is 6.31. The number of nitrogens with one attached hydrogen (secondary N) is 1. The van der Waals surface area contributed by atoms with E-state index < -0.39 is 13.0 Å². The van der Waals surface area contributed by atoms with Gasteiger partial charge in [0.1, 0.15) is 0 Å². The highest BCUT2D eigenvalue weighted by Crippen LogP contribution is 2.18. The smallest absolute Gasteiger partial charge is 0.272 e. The standard InChI is InChI=1S/C12H16F2N4O.HI/c13-10(14)7-19-11-3-1-2-9(17-11)6-16-12(15)18-8-4-5-8;/h1-3,8,10H,4-7H2,(H3,15,16,18);1H. The van der Waals surface area contributed by atoms with Gasteiger partial charge in [0.15, 0.2) is 12.6 Å². The van der Waals surface area contributed by atoms with Crippen LogP contribution < -0.4 is 15.8 Å². The van der Waals surface area contributed by atoms with E-state index in [0.29, 0.717) is 17.7 Å². The number of aromatic nitrogens is 1. The molecule has 1 aliphatic rings. The van der Waals surface area contributed by atoms with Crippen molar-refractivity contribution >= 4 is 29.9 Å². The van der Waals surface area contributed by atoms with Crippen LogP contribution in [0.3, 0.4) is 0 Å². The molecule has 8 heteroatoms. The topological polar surface area (TPSA) is 72.5 Å². The highest BCUT2D eigenvalue weighted by atomic mass is 127. The molecule has 0 atom stereocenters. The second-order valence-corrected chi connectivity index (χ2v) is 4.29. The van der Waals surface area contributed by atoms with E-state index in [1.54, 1.807) is 12.1 Å². The molecule has 0 unspecified atom stereocenters. The Labute approximate surface area is 133 Å². The van der Waals surface area contributed by atoms with E-state index >= 15 is 0 Å². The maximum atomic E-state index is 12.0. The molecule has 2 rings (SSSR count). The van der Waals surface area contributed by atoms with E-state index in [4.69, 9.17) is 10.5 Å². The molecule has 1 aromatic rings. The van der Waals surface area contributed by atoms with Gasteiger partial charge in [0.25, 0.3) is 6.43 Å². The molecule has 0 spiro atoms. The summed E-state index contributed by atoms with van der Waals surface area (Å²) < 4.78 is 28.8. The lowest BCUT2D eigenvalue weighted by molar-refractivity contribution is 0.0795. The first-order chi connectivity index (χ1) is 9.13. The SMILES string of the molecule is I.NC(=NCc1cccc(OCC(F)F)n1)NC1CC1. The Morgan fingerprint density at radius 2 is 2.25 bits per heavy atom. The van der Waals surface area contributed by atoms with Crippen molar-refractivity contribution in [2.24, 2.45) is 10.7 Å². The molecule has 0 amide bonds. The highest BCUT2D eigenvalue weighted by molar-refractivity contribution is 14.0. The summed E-state index contributed by atoms with van der Waals surface area (Å²) in [6, 6.07) is 5.39. The van der Waals surface area contributed by atoms with Crippen LogP contribution in [-0.2, 0) is 6.54 Å². The lowest BCUT2D eigenvalue weighted by Gasteiger charge is -2.06. The molecule has 0 radical (unpaired) electrons. The summed E-state index contributed by atoms with van der Waals surface area (Å²) in [5.74, 6) is 0.546. The van der Waals surface area contributed by atoms with Gasteiger partial charge in [-0.25, -0.2) is 18.8 Å². The fourth-order valence-electron chi connectivity index (χ4n) is 1.42. The van der Waals surface area contributed by atoms with Gasteiger partial charge in [0, 0.05) is 12.1 Å². The van der Waals surface area contributed by atoms with Crippen molar-refractivity contribution in [3.8, 4) is 5.88 Å². The van der Waals surface area contributed by atoms with Crippen LogP contribution in [0.1, 0.15) is 18.5 Å². The van der Waals surface area contributed by atoms with Crippen LogP contribution in [-0.4, -0.2) is 30.0 Å². The van der Waals surface area contributed by atoms with Crippen molar-refractivity contribution in [3.05, 3.63) is 23.9 Å². The molecular weight excluding hydrogens is 381 g/mol. The van der Waals surface area contributed by atoms with Gasteiger partial charge in [-0.2, -0.15) is 0 Å². The zero-order valence-electron chi connectivity index (χ0n) is 10.8. The van der Waals surface area contributed by atoms with Crippen LogP contribution in [0.25, 0.3) is 0 Å². The number of rotatable bonds is 6. The average molecular weight is 398 g/mol. The minimum atomic E-state index is -2.51. The molecule has 1 aromatic heterocycles. The first kappa shape index (κ1) is 16.9. The predicted octanol–water partition coefficient (Wildman–Crippen LogP) is 1.91. The summed E-state index contributed by atoms with van der Waals surface area (Å²) >= 11 is 0. The van der Waals surface area contributed by atoms with Gasteiger partial charge in [-0.3, -0.25) is 0 Å². The minimum absolute atomic E-state index is 0. The van der Waals surface area contributed by atoms with Crippen LogP contribution in [0.15, 0.2) is 23.2 Å². The Kier molecular flexibility index (Phi) is 6.89. The normalized spacial score (nSPS) is 14.8. The summed E-state index contributed by atoms with van der Waals surface area (Å²) in [4.78, 5) is 8.19. The largest absolute Gasteiger partial charge is 0.472 e. The van der Waals surface area contributed by atoms with Gasteiger partial charge in [0.05, 0.1) is 12.2 Å². The Morgan fingerprint density at radius 3 is 2.90 bits per heavy atom. The van der Waals surface area contributed by atoms with E-state index in [2.05, 4.69) is 15.3 Å². The number of nitrogens with two attached hydrogens (primary N) is 1. The van der Waals surface area contributed by atoms with E-state index in [1.165, 1.54) is 6.07 Å². The van der Waals surface area contributed by atoms with Crippen LogP contribution in [0, 0.1) is 0 Å². The molecule has 0 bridgehead atoms. The maximum Gasteiger partial charge on any atom is 0.272 e. The van der Waals surface area contributed by atoms with Gasteiger partial charge < -0.3 is 15.8 Å². The van der Waals surface area contributed by atoms with Gasteiger partial charge in [-0.15, -0.1) is 24.0 Å². The zero-order chi connectivity index (χ0) is 13.7. The second kappa shape index (κ2) is 8.18. The number of alkyl halides is 2. The summed E-state index contributed by atoms with van der Waals surface area (Å²) in [6.07, 6.45) is -0.279. The van der Waals surface area contributed by atoms with Gasteiger partial charge >= 0.3 is 0 Å². The molecule has 0 saturated heterocycles. The van der Waals surface area contributed by atoms with E-state index in [0.717, 1.165) is 12.8 Å². The number of halogens is 3. The van der Waals surface area contributed by atoms with Crippen LogP contribution in [0.5, 0.6) is 5.88 Å². The molecule has 1 heterocycles. The van der Waals surface area contributed by atoms with Crippen molar-refractivity contribution < 1.29 is 13.5 Å². The van der Waals surface area contributed by atoms with E-state index in [9.17, 15) is 8.78 Å². The van der Waals surface area contributed by atoms with Crippen molar-refractivity contribution in [2.75, 3.05) is 6.61 Å². The van der Waals surface area contributed by atoms with E-state index in [1.807, 2.05) is 0 Å². The highest BCUT2D eigenvalue weighted by Gasteiger charge is 2.21.